The fraction of sp³-hybridized carbons (Fsp3) is 0.722. The summed E-state index contributed by atoms with van der Waals surface area (Å²) in [6.07, 6.45) is 4.11. The van der Waals surface area contributed by atoms with E-state index in [2.05, 4.69) is 27.4 Å². The number of carbonyl (C=O) groups excluding carboxylic acids is 1. The molecule has 0 bridgehead atoms. The number of hydrogen-bond acceptors (Lipinski definition) is 5. The number of nitrogens with zero attached hydrogens (tertiary/aromatic N) is 2. The SMILES string of the molecule is CC(CNC(=O)NCC(c1ccco1)N1CCCC1)N1CCOCC1. The van der Waals surface area contributed by atoms with Crippen LogP contribution < -0.4 is 10.6 Å². The van der Waals surface area contributed by atoms with E-state index in [1.54, 1.807) is 6.26 Å². The number of furan rings is 1. The van der Waals surface area contributed by atoms with E-state index in [4.69, 9.17) is 9.15 Å². The highest BCUT2D eigenvalue weighted by Gasteiger charge is 2.26. The van der Waals surface area contributed by atoms with Crippen molar-refractivity contribution in [3.63, 3.8) is 0 Å². The number of amides is 2. The highest BCUT2D eigenvalue weighted by molar-refractivity contribution is 5.73. The Morgan fingerprint density at radius 2 is 1.84 bits per heavy atom. The number of hydrogen-bond donors (Lipinski definition) is 2. The van der Waals surface area contributed by atoms with E-state index in [0.717, 1.165) is 45.2 Å². The molecule has 2 fully saturated rings. The van der Waals surface area contributed by atoms with Crippen molar-refractivity contribution in [2.45, 2.75) is 31.8 Å². The van der Waals surface area contributed by atoms with Gasteiger partial charge >= 0.3 is 6.03 Å². The first-order valence-corrected chi connectivity index (χ1v) is 9.35. The summed E-state index contributed by atoms with van der Waals surface area (Å²) < 4.78 is 11.0. The Labute approximate surface area is 149 Å². The van der Waals surface area contributed by atoms with Gasteiger partial charge in [0.15, 0.2) is 0 Å². The Kier molecular flexibility index (Phi) is 6.72. The van der Waals surface area contributed by atoms with Crippen LogP contribution in [0.3, 0.4) is 0 Å². The minimum absolute atomic E-state index is 0.111. The van der Waals surface area contributed by atoms with E-state index in [0.29, 0.717) is 19.1 Å². The average molecular weight is 350 g/mol. The van der Waals surface area contributed by atoms with Crippen LogP contribution in [-0.2, 0) is 4.74 Å². The largest absolute Gasteiger partial charge is 0.468 e. The van der Waals surface area contributed by atoms with Gasteiger partial charge in [-0.15, -0.1) is 0 Å². The standard InChI is InChI=1S/C18H30N4O3/c1-15(21-8-11-24-12-9-21)13-19-18(23)20-14-16(17-5-4-10-25-17)22-6-2-3-7-22/h4-5,10,15-16H,2-3,6-9,11-14H2,1H3,(H2,19,20,23). The number of carbonyl (C=O) groups is 1. The Bertz CT molecular complexity index is 510. The third-order valence-corrected chi connectivity index (χ3v) is 5.14. The van der Waals surface area contributed by atoms with Gasteiger partial charge < -0.3 is 19.8 Å². The van der Waals surface area contributed by atoms with Crippen LogP contribution in [0.4, 0.5) is 4.79 Å². The zero-order valence-electron chi connectivity index (χ0n) is 15.1. The number of nitrogens with one attached hydrogen (secondary N) is 2. The van der Waals surface area contributed by atoms with Gasteiger partial charge in [-0.05, 0) is 45.0 Å². The highest BCUT2D eigenvalue weighted by atomic mass is 16.5. The lowest BCUT2D eigenvalue weighted by atomic mass is 10.2. The fourth-order valence-corrected chi connectivity index (χ4v) is 3.58. The summed E-state index contributed by atoms with van der Waals surface area (Å²) in [7, 11) is 0. The molecule has 2 aliphatic rings. The van der Waals surface area contributed by atoms with Crippen molar-refractivity contribution in [3.05, 3.63) is 24.2 Å². The third kappa shape index (κ3) is 5.20. The van der Waals surface area contributed by atoms with Gasteiger partial charge in [-0.1, -0.05) is 0 Å². The molecule has 3 heterocycles. The topological polar surface area (TPSA) is 70.0 Å². The second kappa shape index (κ2) is 9.22. The maximum atomic E-state index is 12.2. The van der Waals surface area contributed by atoms with Crippen LogP contribution in [0.1, 0.15) is 31.6 Å². The normalized spacial score (nSPS) is 21.8. The maximum Gasteiger partial charge on any atom is 0.314 e. The molecule has 0 radical (unpaired) electrons. The van der Waals surface area contributed by atoms with E-state index >= 15 is 0 Å². The first-order chi connectivity index (χ1) is 12.2. The Morgan fingerprint density at radius 3 is 2.52 bits per heavy atom. The van der Waals surface area contributed by atoms with E-state index < -0.39 is 0 Å². The minimum Gasteiger partial charge on any atom is -0.468 e. The minimum atomic E-state index is -0.115. The fourth-order valence-electron chi connectivity index (χ4n) is 3.58. The molecule has 0 saturated carbocycles. The van der Waals surface area contributed by atoms with Crippen molar-refractivity contribution in [2.75, 3.05) is 52.5 Å². The van der Waals surface area contributed by atoms with Crippen molar-refractivity contribution < 1.29 is 13.9 Å². The summed E-state index contributed by atoms with van der Waals surface area (Å²) in [6, 6.07) is 4.20. The van der Waals surface area contributed by atoms with Crippen LogP contribution in [-0.4, -0.2) is 74.4 Å². The summed E-state index contributed by atoms with van der Waals surface area (Å²) in [5, 5.41) is 6.00. The predicted octanol–water partition coefficient (Wildman–Crippen LogP) is 1.44. The van der Waals surface area contributed by atoms with Crippen LogP contribution in [0.2, 0.25) is 0 Å². The van der Waals surface area contributed by atoms with E-state index in [9.17, 15) is 4.79 Å². The van der Waals surface area contributed by atoms with Crippen LogP contribution in [0, 0.1) is 0 Å². The van der Waals surface area contributed by atoms with Gasteiger partial charge in [-0.25, -0.2) is 4.79 Å². The van der Waals surface area contributed by atoms with Crippen molar-refractivity contribution in [1.82, 2.24) is 20.4 Å². The van der Waals surface area contributed by atoms with Crippen molar-refractivity contribution in [3.8, 4) is 0 Å². The maximum absolute atomic E-state index is 12.2. The summed E-state index contributed by atoms with van der Waals surface area (Å²) in [6.45, 7) is 8.87. The molecule has 1 aromatic heterocycles. The highest BCUT2D eigenvalue weighted by Crippen LogP contribution is 2.24. The number of morpholine rings is 1. The van der Waals surface area contributed by atoms with E-state index in [-0.39, 0.29) is 12.1 Å². The summed E-state index contributed by atoms with van der Waals surface area (Å²) >= 11 is 0. The molecule has 2 atom stereocenters. The van der Waals surface area contributed by atoms with Crippen molar-refractivity contribution >= 4 is 6.03 Å². The number of ether oxygens (including phenoxy) is 1. The molecule has 2 amide bonds. The van der Waals surface area contributed by atoms with Crippen molar-refractivity contribution in [1.29, 1.82) is 0 Å². The molecule has 0 aromatic carbocycles. The lowest BCUT2D eigenvalue weighted by Gasteiger charge is -2.32. The first-order valence-electron chi connectivity index (χ1n) is 9.35. The molecular formula is C18H30N4O3. The average Bonchev–Trinajstić information content (AvgIpc) is 3.35. The molecule has 2 N–H and O–H groups in total. The lowest BCUT2D eigenvalue weighted by molar-refractivity contribution is 0.0209. The van der Waals surface area contributed by atoms with Gasteiger partial charge in [0.05, 0.1) is 25.5 Å². The molecule has 2 unspecified atom stereocenters. The Balaban J connectivity index is 1.43. The number of rotatable bonds is 7. The molecule has 1 aromatic rings. The zero-order valence-corrected chi connectivity index (χ0v) is 15.1. The van der Waals surface area contributed by atoms with Gasteiger partial charge in [0.25, 0.3) is 0 Å². The van der Waals surface area contributed by atoms with Crippen molar-refractivity contribution in [2.24, 2.45) is 0 Å². The van der Waals surface area contributed by atoms with Gasteiger partial charge in [-0.2, -0.15) is 0 Å². The third-order valence-electron chi connectivity index (χ3n) is 5.14. The summed E-state index contributed by atoms with van der Waals surface area (Å²) in [4.78, 5) is 16.9. The van der Waals surface area contributed by atoms with Gasteiger partial charge in [0.2, 0.25) is 0 Å². The van der Waals surface area contributed by atoms with Crippen LogP contribution in [0.15, 0.2) is 22.8 Å². The molecule has 25 heavy (non-hydrogen) atoms. The smallest absolute Gasteiger partial charge is 0.314 e. The summed E-state index contributed by atoms with van der Waals surface area (Å²) in [5.41, 5.74) is 0. The van der Waals surface area contributed by atoms with Gasteiger partial charge in [-0.3, -0.25) is 9.80 Å². The molecule has 0 spiro atoms. The zero-order chi connectivity index (χ0) is 17.5. The molecular weight excluding hydrogens is 320 g/mol. The monoisotopic (exact) mass is 350 g/mol. The lowest BCUT2D eigenvalue weighted by Crippen LogP contribution is -2.49. The van der Waals surface area contributed by atoms with Crippen LogP contribution >= 0.6 is 0 Å². The molecule has 3 rings (SSSR count). The second-order valence-electron chi connectivity index (χ2n) is 6.86. The second-order valence-corrected chi connectivity index (χ2v) is 6.86. The number of likely N-dealkylation sites (tertiary alicyclic amines) is 1. The Hall–Kier alpha value is -1.57. The molecule has 140 valence electrons. The molecule has 2 aliphatic heterocycles. The van der Waals surface area contributed by atoms with Crippen LogP contribution in [0.25, 0.3) is 0 Å². The number of urea groups is 1. The van der Waals surface area contributed by atoms with Gasteiger partial charge in [0.1, 0.15) is 5.76 Å². The van der Waals surface area contributed by atoms with E-state index in [1.807, 2.05) is 12.1 Å². The summed E-state index contributed by atoms with van der Waals surface area (Å²) in [5.74, 6) is 0.920. The molecule has 7 heteroatoms. The first kappa shape index (κ1) is 18.2. The Morgan fingerprint density at radius 1 is 1.12 bits per heavy atom. The quantitative estimate of drug-likeness (QED) is 0.779. The van der Waals surface area contributed by atoms with E-state index in [1.165, 1.54) is 12.8 Å². The van der Waals surface area contributed by atoms with Gasteiger partial charge in [0, 0.05) is 32.2 Å². The molecule has 7 nitrogen and oxygen atoms in total. The molecule has 0 aliphatic carbocycles. The van der Waals surface area contributed by atoms with Crippen LogP contribution in [0.5, 0.6) is 0 Å². The predicted molar refractivity (Wildman–Crippen MR) is 95.5 cm³/mol. The molecule has 2 saturated heterocycles.